The van der Waals surface area contributed by atoms with E-state index in [0.29, 0.717) is 36.2 Å². The highest BCUT2D eigenvalue weighted by atomic mass is 19.1. The van der Waals surface area contributed by atoms with Crippen molar-refractivity contribution in [2.24, 2.45) is 23.7 Å². The van der Waals surface area contributed by atoms with E-state index in [-0.39, 0.29) is 23.5 Å². The summed E-state index contributed by atoms with van der Waals surface area (Å²) >= 11 is 0. The van der Waals surface area contributed by atoms with E-state index < -0.39 is 12.2 Å². The third-order valence-electron chi connectivity index (χ3n) is 11.6. The Morgan fingerprint density at radius 1 is 0.528 bits per heavy atom. The van der Waals surface area contributed by atoms with Crippen molar-refractivity contribution in [1.82, 2.24) is 0 Å². The number of benzene rings is 4. The molecule has 0 aromatic heterocycles. The molecule has 4 aromatic carbocycles. The molecule has 0 spiro atoms. The van der Waals surface area contributed by atoms with Crippen LogP contribution in [0.4, 0.5) is 8.78 Å². The molecule has 0 amide bonds. The summed E-state index contributed by atoms with van der Waals surface area (Å²) in [5.41, 5.74) is 5.23. The van der Waals surface area contributed by atoms with E-state index in [9.17, 15) is 19.0 Å². The molecule has 4 rings (SSSR count). The van der Waals surface area contributed by atoms with Crippen molar-refractivity contribution in [1.29, 1.82) is 0 Å². The van der Waals surface area contributed by atoms with E-state index in [1.54, 1.807) is 24.3 Å². The van der Waals surface area contributed by atoms with Gasteiger partial charge in [-0.1, -0.05) is 141 Å². The quantitative estimate of drug-likeness (QED) is 0.0793. The van der Waals surface area contributed by atoms with Crippen LogP contribution in [0.3, 0.4) is 0 Å². The number of hydrogen-bond donors (Lipinski definition) is 2. The second kappa shape index (κ2) is 21.4. The van der Waals surface area contributed by atoms with Crippen molar-refractivity contribution in [3.05, 3.63) is 130 Å². The first-order valence-electron chi connectivity index (χ1n) is 20.4. The molecule has 6 unspecified atom stereocenters. The Morgan fingerprint density at radius 3 is 1.25 bits per heavy atom. The van der Waals surface area contributed by atoms with Crippen molar-refractivity contribution in [3.63, 3.8) is 0 Å². The van der Waals surface area contributed by atoms with Crippen molar-refractivity contribution in [2.45, 2.75) is 131 Å². The molecule has 0 bridgehead atoms. The number of aliphatic hydroxyl groups is 2. The van der Waals surface area contributed by atoms with E-state index in [0.717, 1.165) is 97.6 Å². The van der Waals surface area contributed by atoms with Gasteiger partial charge in [-0.25, -0.2) is 8.78 Å². The van der Waals surface area contributed by atoms with Gasteiger partial charge in [0.05, 0.1) is 12.2 Å². The zero-order valence-corrected chi connectivity index (χ0v) is 33.1. The predicted octanol–water partition coefficient (Wildman–Crippen LogP) is 13.5. The zero-order valence-electron chi connectivity index (χ0n) is 33.1. The van der Waals surface area contributed by atoms with Gasteiger partial charge in [-0.3, -0.25) is 0 Å². The highest BCUT2D eigenvalue weighted by Gasteiger charge is 2.30. The van der Waals surface area contributed by atoms with E-state index in [1.165, 1.54) is 24.3 Å². The minimum Gasteiger partial charge on any atom is -0.457 e. The molecule has 0 heterocycles. The number of unbranched alkanes of at least 4 members (excludes halogenated alkanes) is 4. The first-order valence-corrected chi connectivity index (χ1v) is 20.4. The molecule has 0 aliphatic heterocycles. The van der Waals surface area contributed by atoms with Gasteiger partial charge in [0.15, 0.2) is 0 Å². The topological polar surface area (TPSA) is 49.7 Å². The molecule has 288 valence electrons. The monoisotopic (exact) mass is 726 g/mol. The van der Waals surface area contributed by atoms with Crippen LogP contribution >= 0.6 is 0 Å². The molecule has 0 saturated carbocycles. The smallest absolute Gasteiger partial charge is 0.131 e. The number of halogens is 2. The summed E-state index contributed by atoms with van der Waals surface area (Å²) in [6, 6.07) is 24.9. The van der Waals surface area contributed by atoms with Crippen LogP contribution in [0.1, 0.15) is 151 Å². The van der Waals surface area contributed by atoms with Crippen LogP contribution in [0, 0.1) is 35.3 Å². The Morgan fingerprint density at radius 2 is 0.906 bits per heavy atom. The normalized spacial score (nSPS) is 15.1. The van der Waals surface area contributed by atoms with Crippen LogP contribution in [0.5, 0.6) is 11.5 Å². The first-order chi connectivity index (χ1) is 25.6. The molecule has 0 saturated heterocycles. The van der Waals surface area contributed by atoms with Crippen LogP contribution in [0.25, 0.3) is 0 Å². The largest absolute Gasteiger partial charge is 0.457 e. The van der Waals surface area contributed by atoms with E-state index >= 15 is 0 Å². The van der Waals surface area contributed by atoms with Gasteiger partial charge in [0.2, 0.25) is 0 Å². The van der Waals surface area contributed by atoms with Crippen molar-refractivity contribution in [2.75, 3.05) is 0 Å². The van der Waals surface area contributed by atoms with Gasteiger partial charge in [0, 0.05) is 24.0 Å². The highest BCUT2D eigenvalue weighted by molar-refractivity contribution is 5.51. The maximum Gasteiger partial charge on any atom is 0.131 e. The molecule has 0 aliphatic rings. The Hall–Kier alpha value is -3.54. The van der Waals surface area contributed by atoms with Crippen LogP contribution in [0.15, 0.2) is 84.9 Å². The second-order valence-corrected chi connectivity index (χ2v) is 15.3. The van der Waals surface area contributed by atoms with Crippen molar-refractivity contribution < 1.29 is 23.7 Å². The van der Waals surface area contributed by atoms with Crippen LogP contribution in [-0.2, 0) is 12.8 Å². The fraction of sp³-hybridized carbons (Fsp3) is 0.500. The van der Waals surface area contributed by atoms with Crippen LogP contribution in [-0.4, -0.2) is 10.2 Å². The van der Waals surface area contributed by atoms with Gasteiger partial charge in [-0.2, -0.15) is 0 Å². The summed E-state index contributed by atoms with van der Waals surface area (Å²) in [4.78, 5) is 0. The third-order valence-corrected chi connectivity index (χ3v) is 11.6. The molecule has 0 fully saturated rings. The fourth-order valence-corrected chi connectivity index (χ4v) is 7.85. The average molecular weight is 727 g/mol. The van der Waals surface area contributed by atoms with Crippen LogP contribution in [0.2, 0.25) is 0 Å². The van der Waals surface area contributed by atoms with Gasteiger partial charge in [-0.05, 0) is 95.2 Å². The average Bonchev–Trinajstić information content (AvgIpc) is 3.17. The Balaban J connectivity index is 1.86. The molecule has 2 N–H and O–H groups in total. The summed E-state index contributed by atoms with van der Waals surface area (Å²) in [7, 11) is 0. The molecule has 53 heavy (non-hydrogen) atoms. The number of rotatable bonds is 22. The third kappa shape index (κ3) is 11.7. The van der Waals surface area contributed by atoms with Gasteiger partial charge >= 0.3 is 0 Å². The Kier molecular flexibility index (Phi) is 17.0. The number of hydrogen-bond acceptors (Lipinski definition) is 3. The van der Waals surface area contributed by atoms with E-state index in [1.807, 2.05) is 36.4 Å². The molecule has 4 aromatic rings. The first kappa shape index (κ1) is 42.2. The highest BCUT2D eigenvalue weighted by Crippen LogP contribution is 2.43. The minimum absolute atomic E-state index is 0.0754. The Labute approximate surface area is 318 Å². The van der Waals surface area contributed by atoms with Crippen molar-refractivity contribution in [3.8, 4) is 11.5 Å². The van der Waals surface area contributed by atoms with Gasteiger partial charge in [0.25, 0.3) is 0 Å². The summed E-state index contributed by atoms with van der Waals surface area (Å²) in [5, 5.41) is 24.4. The molecular weight excluding hydrogens is 663 g/mol. The maximum atomic E-state index is 14.0. The Bertz CT molecular complexity index is 1530. The van der Waals surface area contributed by atoms with Gasteiger partial charge in [0.1, 0.15) is 23.1 Å². The minimum atomic E-state index is -0.702. The summed E-state index contributed by atoms with van der Waals surface area (Å²) < 4.78 is 35.1. The molecule has 5 heteroatoms. The summed E-state index contributed by atoms with van der Waals surface area (Å²) in [6.45, 7) is 13.2. The molecule has 3 nitrogen and oxygen atoms in total. The lowest BCUT2D eigenvalue weighted by molar-refractivity contribution is 0.0668. The van der Waals surface area contributed by atoms with E-state index in [4.69, 9.17) is 4.74 Å². The number of aliphatic hydroxyl groups excluding tert-OH is 2. The van der Waals surface area contributed by atoms with E-state index in [2.05, 4.69) is 41.5 Å². The second-order valence-electron chi connectivity index (χ2n) is 15.3. The fourth-order valence-electron chi connectivity index (χ4n) is 7.85. The standard InChI is InChI=1S/C48H64F2O3/c1-7-11-13-17-39(33(5)9-3)47(51)41-19-15-21-45(43(41)31-35-23-27-37(49)28-24-35)53-46-22-16-20-42(44(46)32-36-25-29-38(50)30-26-36)48(52)40(34(6)10-4)18-14-12-8-2/h15-16,19-30,33-34,39-40,47-48,51-52H,7-14,17-18,31-32H2,1-6H3. The summed E-state index contributed by atoms with van der Waals surface area (Å²) in [6.07, 6.45) is 9.91. The van der Waals surface area contributed by atoms with Crippen molar-refractivity contribution >= 4 is 0 Å². The molecular formula is C48H64F2O3. The lowest BCUT2D eigenvalue weighted by Gasteiger charge is -2.31. The molecule has 0 radical (unpaired) electrons. The molecule has 0 aliphatic carbocycles. The van der Waals surface area contributed by atoms with Gasteiger partial charge < -0.3 is 14.9 Å². The molecule has 6 atom stereocenters. The lowest BCUT2D eigenvalue weighted by Crippen LogP contribution is -2.22. The number of ether oxygens (including phenoxy) is 1. The SMILES string of the molecule is CCCCCC(C(C)CC)C(O)c1cccc(Oc2cccc(C(O)C(CCCCC)C(C)CC)c2Cc2ccc(F)cc2)c1Cc1ccc(F)cc1. The zero-order chi connectivity index (χ0) is 38.3. The lowest BCUT2D eigenvalue weighted by atomic mass is 9.78. The van der Waals surface area contributed by atoms with Crippen LogP contribution < -0.4 is 4.74 Å². The summed E-state index contributed by atoms with van der Waals surface area (Å²) in [5.74, 6) is 1.45. The predicted molar refractivity (Wildman–Crippen MR) is 215 cm³/mol. The maximum absolute atomic E-state index is 14.0. The van der Waals surface area contributed by atoms with Gasteiger partial charge in [-0.15, -0.1) is 0 Å².